The molecule has 0 aliphatic carbocycles. The summed E-state index contributed by atoms with van der Waals surface area (Å²) in [7, 11) is 1.63. The van der Waals surface area contributed by atoms with Crippen LogP contribution in [0.1, 0.15) is 12.8 Å². The van der Waals surface area contributed by atoms with Crippen LogP contribution in [0, 0.1) is 5.92 Å². The van der Waals surface area contributed by atoms with Crippen LogP contribution in [0.4, 0.5) is 5.69 Å². The highest BCUT2D eigenvalue weighted by Gasteiger charge is 2.21. The van der Waals surface area contributed by atoms with Crippen LogP contribution in [0.3, 0.4) is 0 Å². The summed E-state index contributed by atoms with van der Waals surface area (Å²) in [6.07, 6.45) is 3.63. The van der Waals surface area contributed by atoms with Crippen molar-refractivity contribution in [1.82, 2.24) is 9.78 Å². The minimum atomic E-state index is -0.119. The van der Waals surface area contributed by atoms with Crippen molar-refractivity contribution in [2.24, 2.45) is 13.0 Å². The molecule has 0 aromatic carbocycles. The van der Waals surface area contributed by atoms with Crippen LogP contribution in [0.25, 0.3) is 0 Å². The van der Waals surface area contributed by atoms with Gasteiger partial charge in [0.25, 0.3) is 5.56 Å². The van der Waals surface area contributed by atoms with Crippen molar-refractivity contribution >= 4 is 21.6 Å². The lowest BCUT2D eigenvalue weighted by molar-refractivity contribution is 0.203. The summed E-state index contributed by atoms with van der Waals surface area (Å²) in [5, 5.41) is 13.1. The summed E-state index contributed by atoms with van der Waals surface area (Å²) in [4.78, 5) is 13.9. The molecule has 1 fully saturated rings. The van der Waals surface area contributed by atoms with Crippen LogP contribution < -0.4 is 10.5 Å². The highest BCUT2D eigenvalue weighted by molar-refractivity contribution is 9.10. The maximum atomic E-state index is 11.7. The average Bonchev–Trinajstić information content (AvgIpc) is 2.36. The number of aliphatic hydroxyl groups is 1. The molecular formula is C11H16BrN3O2. The van der Waals surface area contributed by atoms with E-state index in [4.69, 9.17) is 5.11 Å². The van der Waals surface area contributed by atoms with Crippen molar-refractivity contribution in [3.63, 3.8) is 0 Å². The van der Waals surface area contributed by atoms with E-state index in [9.17, 15) is 4.79 Å². The van der Waals surface area contributed by atoms with Crippen LogP contribution in [0.2, 0.25) is 0 Å². The largest absolute Gasteiger partial charge is 0.396 e. The molecule has 5 nitrogen and oxygen atoms in total. The predicted molar refractivity (Wildman–Crippen MR) is 69.2 cm³/mol. The molecule has 94 valence electrons. The molecule has 6 heteroatoms. The van der Waals surface area contributed by atoms with Gasteiger partial charge < -0.3 is 10.0 Å². The van der Waals surface area contributed by atoms with Gasteiger partial charge in [0.05, 0.1) is 11.9 Å². The van der Waals surface area contributed by atoms with E-state index in [1.54, 1.807) is 13.2 Å². The lowest BCUT2D eigenvalue weighted by Gasteiger charge is -2.33. The monoisotopic (exact) mass is 301 g/mol. The zero-order chi connectivity index (χ0) is 12.4. The minimum Gasteiger partial charge on any atom is -0.396 e. The molecule has 1 aromatic rings. The van der Waals surface area contributed by atoms with Gasteiger partial charge in [-0.3, -0.25) is 4.79 Å². The van der Waals surface area contributed by atoms with E-state index in [1.807, 2.05) is 0 Å². The van der Waals surface area contributed by atoms with Crippen LogP contribution in [-0.4, -0.2) is 34.6 Å². The van der Waals surface area contributed by atoms with Crippen molar-refractivity contribution in [2.75, 3.05) is 24.6 Å². The number of halogens is 1. The van der Waals surface area contributed by atoms with Gasteiger partial charge in [0, 0.05) is 26.7 Å². The Balaban J connectivity index is 2.19. The third-order valence-electron chi connectivity index (χ3n) is 3.27. The van der Waals surface area contributed by atoms with E-state index in [1.165, 1.54) is 4.68 Å². The first kappa shape index (κ1) is 12.6. The van der Waals surface area contributed by atoms with Crippen molar-refractivity contribution in [2.45, 2.75) is 12.8 Å². The highest BCUT2D eigenvalue weighted by Crippen LogP contribution is 2.26. The van der Waals surface area contributed by atoms with Crippen molar-refractivity contribution < 1.29 is 5.11 Å². The highest BCUT2D eigenvalue weighted by atomic mass is 79.9. The number of piperidine rings is 1. The second-order valence-corrected chi connectivity index (χ2v) is 5.18. The maximum Gasteiger partial charge on any atom is 0.282 e. The normalized spacial score (nSPS) is 17.5. The maximum absolute atomic E-state index is 11.7. The molecule has 1 aliphatic heterocycles. The van der Waals surface area contributed by atoms with Gasteiger partial charge in [0.15, 0.2) is 0 Å². The molecule has 0 unspecified atom stereocenters. The van der Waals surface area contributed by atoms with Gasteiger partial charge in [0.2, 0.25) is 0 Å². The number of aliphatic hydroxyl groups excluding tert-OH is 1. The molecule has 17 heavy (non-hydrogen) atoms. The Labute approximate surface area is 108 Å². The number of aromatic nitrogens is 2. The minimum absolute atomic E-state index is 0.119. The molecule has 1 N–H and O–H groups in total. The predicted octanol–water partition coefficient (Wildman–Crippen LogP) is 0.752. The van der Waals surface area contributed by atoms with E-state index < -0.39 is 0 Å². The Morgan fingerprint density at radius 1 is 1.53 bits per heavy atom. The SMILES string of the molecule is Cn1ncc(N2CCC(CO)CC2)c(Br)c1=O. The molecule has 0 bridgehead atoms. The summed E-state index contributed by atoms with van der Waals surface area (Å²) < 4.78 is 1.88. The molecule has 1 aliphatic rings. The lowest BCUT2D eigenvalue weighted by Crippen LogP contribution is -2.36. The van der Waals surface area contributed by atoms with E-state index in [-0.39, 0.29) is 12.2 Å². The second-order valence-electron chi connectivity index (χ2n) is 4.39. The van der Waals surface area contributed by atoms with E-state index in [2.05, 4.69) is 25.9 Å². The van der Waals surface area contributed by atoms with Crippen LogP contribution >= 0.6 is 15.9 Å². The number of hydrogen-bond donors (Lipinski definition) is 1. The van der Waals surface area contributed by atoms with Crippen molar-refractivity contribution in [1.29, 1.82) is 0 Å². The van der Waals surface area contributed by atoms with Gasteiger partial charge in [0.1, 0.15) is 4.47 Å². The van der Waals surface area contributed by atoms with Gasteiger partial charge in [-0.15, -0.1) is 0 Å². The molecule has 2 rings (SSSR count). The molecule has 2 heterocycles. The van der Waals surface area contributed by atoms with Crippen LogP contribution in [-0.2, 0) is 7.05 Å². The van der Waals surface area contributed by atoms with Crippen molar-refractivity contribution in [3.05, 3.63) is 21.0 Å². The molecule has 1 aromatic heterocycles. The third kappa shape index (κ3) is 2.52. The van der Waals surface area contributed by atoms with Crippen LogP contribution in [0.15, 0.2) is 15.5 Å². The fraction of sp³-hybridized carbons (Fsp3) is 0.636. The Morgan fingerprint density at radius 3 is 2.76 bits per heavy atom. The quantitative estimate of drug-likeness (QED) is 0.876. The summed E-state index contributed by atoms with van der Waals surface area (Å²) in [6, 6.07) is 0. The first-order valence-corrected chi connectivity index (χ1v) is 6.50. The van der Waals surface area contributed by atoms with E-state index in [0.29, 0.717) is 10.4 Å². The van der Waals surface area contributed by atoms with Crippen LogP contribution in [0.5, 0.6) is 0 Å². The molecule has 0 radical (unpaired) electrons. The van der Waals surface area contributed by atoms with Gasteiger partial charge >= 0.3 is 0 Å². The topological polar surface area (TPSA) is 58.4 Å². The van der Waals surface area contributed by atoms with E-state index in [0.717, 1.165) is 31.6 Å². The zero-order valence-corrected chi connectivity index (χ0v) is 11.4. The molecule has 0 amide bonds. The fourth-order valence-corrected chi connectivity index (χ4v) is 2.69. The van der Waals surface area contributed by atoms with Gasteiger partial charge in [-0.2, -0.15) is 5.10 Å². The Morgan fingerprint density at radius 2 is 2.18 bits per heavy atom. The fourth-order valence-electron chi connectivity index (χ4n) is 2.08. The third-order valence-corrected chi connectivity index (χ3v) is 4.02. The number of nitrogens with zero attached hydrogens (tertiary/aromatic N) is 3. The van der Waals surface area contributed by atoms with Crippen molar-refractivity contribution in [3.8, 4) is 0 Å². The number of aryl methyl sites for hydroxylation is 1. The summed E-state index contributed by atoms with van der Waals surface area (Å²) in [5.74, 6) is 0.393. The van der Waals surface area contributed by atoms with Gasteiger partial charge in [-0.25, -0.2) is 4.68 Å². The summed E-state index contributed by atoms with van der Waals surface area (Å²) >= 11 is 3.33. The molecular weight excluding hydrogens is 286 g/mol. The Bertz CT molecular complexity index is 453. The molecule has 0 spiro atoms. The first-order valence-electron chi connectivity index (χ1n) is 5.71. The molecule has 0 saturated carbocycles. The number of hydrogen-bond acceptors (Lipinski definition) is 4. The summed E-state index contributed by atoms with van der Waals surface area (Å²) in [6.45, 7) is 1.97. The van der Waals surface area contributed by atoms with Gasteiger partial charge in [-0.1, -0.05) is 0 Å². The van der Waals surface area contributed by atoms with Gasteiger partial charge in [-0.05, 0) is 34.7 Å². The first-order chi connectivity index (χ1) is 8.13. The average molecular weight is 302 g/mol. The summed E-state index contributed by atoms with van der Waals surface area (Å²) in [5.41, 5.74) is 0.733. The molecule has 0 atom stereocenters. The van der Waals surface area contributed by atoms with E-state index >= 15 is 0 Å². The Kier molecular flexibility index (Phi) is 3.83. The molecule has 1 saturated heterocycles. The second kappa shape index (κ2) is 5.18. The zero-order valence-electron chi connectivity index (χ0n) is 9.77. The number of anilines is 1. The number of rotatable bonds is 2. The lowest BCUT2D eigenvalue weighted by atomic mass is 9.98. The Hall–Kier alpha value is -0.880. The smallest absolute Gasteiger partial charge is 0.282 e. The standard InChI is InChI=1S/C11H16BrN3O2/c1-14-11(17)10(12)9(6-13-14)15-4-2-8(7-16)3-5-15/h6,8,16H,2-5,7H2,1H3.